The first-order chi connectivity index (χ1) is 22.5. The number of halogens is 1. The van der Waals surface area contributed by atoms with Crippen LogP contribution in [0.4, 0.5) is 15.0 Å². The van der Waals surface area contributed by atoms with E-state index in [0.717, 1.165) is 12.8 Å². The van der Waals surface area contributed by atoms with Crippen LogP contribution in [0.2, 0.25) is 0 Å². The van der Waals surface area contributed by atoms with Gasteiger partial charge in [0.1, 0.15) is 46.0 Å². The molecule has 3 fully saturated rings. The third-order valence-corrected chi connectivity index (χ3v) is 10.5. The monoisotopic (exact) mass is 664 g/mol. The van der Waals surface area contributed by atoms with Crippen LogP contribution in [0, 0.1) is 11.2 Å². The van der Waals surface area contributed by atoms with Crippen LogP contribution in [0.25, 0.3) is 22.2 Å². The van der Waals surface area contributed by atoms with Gasteiger partial charge in [0, 0.05) is 74.5 Å². The van der Waals surface area contributed by atoms with Crippen LogP contribution < -0.4 is 9.64 Å². The molecule has 3 saturated heterocycles. The summed E-state index contributed by atoms with van der Waals surface area (Å²) in [5.74, 6) is 0.923. The predicted octanol–water partition coefficient (Wildman–Crippen LogP) is 3.19. The largest absolute Gasteiger partial charge is 0.508 e. The Morgan fingerprint density at radius 1 is 1.09 bits per heavy atom. The number of piperidine rings is 2. The highest BCUT2D eigenvalue weighted by Gasteiger charge is 2.47. The van der Waals surface area contributed by atoms with E-state index in [4.69, 9.17) is 14.7 Å². The number of benzene rings is 2. The summed E-state index contributed by atoms with van der Waals surface area (Å²) in [5.41, 5.74) is 0.396. The molecule has 3 aliphatic heterocycles. The molecule has 1 N–H and O–H groups in total. The molecule has 2 aromatic carbocycles. The van der Waals surface area contributed by atoms with Crippen LogP contribution in [0.1, 0.15) is 25.7 Å². The number of ether oxygens (including phenoxy) is 1. The number of carbonyl (C=O) groups is 1. The van der Waals surface area contributed by atoms with Crippen LogP contribution in [0.15, 0.2) is 49.1 Å². The van der Waals surface area contributed by atoms with Crippen molar-refractivity contribution in [1.82, 2.24) is 34.5 Å². The lowest BCUT2D eigenvalue weighted by Crippen LogP contribution is -2.62. The Bertz CT molecular complexity index is 1880. The van der Waals surface area contributed by atoms with Crippen molar-refractivity contribution in [1.29, 1.82) is 0 Å². The second-order valence-electron chi connectivity index (χ2n) is 13.0. The molecule has 15 heteroatoms. The molecule has 1 spiro atoms. The Labute approximate surface area is 271 Å². The summed E-state index contributed by atoms with van der Waals surface area (Å²) in [6, 6.07) is 9.35. The standard InChI is InChI=1S/C32H37FN8O5S/c1-47(44,45)14-13-38-9-5-24(6-10-38)46-28-17-27(36-30(37-28)25-16-23(42)15-22-3-2-4-26(33)29(22)25)39-11-7-32(8-12-39)18-40(19-32)31(43)41-21-34-20-35-41/h2-4,15-17,20-21,24,42H,5-14,18-19H2,1H3. The fourth-order valence-electron chi connectivity index (χ4n) is 6.89. The van der Waals surface area contributed by atoms with Crippen molar-refractivity contribution >= 4 is 32.5 Å². The van der Waals surface area contributed by atoms with Crippen molar-refractivity contribution in [3.05, 3.63) is 54.9 Å². The summed E-state index contributed by atoms with van der Waals surface area (Å²) in [7, 11) is -3.04. The number of hydrogen-bond donors (Lipinski definition) is 1. The Hall–Kier alpha value is -4.37. The smallest absolute Gasteiger partial charge is 0.346 e. The molecule has 5 heterocycles. The molecule has 0 unspecified atom stereocenters. The van der Waals surface area contributed by atoms with Crippen molar-refractivity contribution < 1.29 is 27.4 Å². The van der Waals surface area contributed by atoms with E-state index in [2.05, 4.69) is 19.9 Å². The second-order valence-corrected chi connectivity index (χ2v) is 15.2. The fourth-order valence-corrected chi connectivity index (χ4v) is 7.48. The van der Waals surface area contributed by atoms with Gasteiger partial charge < -0.3 is 24.5 Å². The maximum Gasteiger partial charge on any atom is 0.346 e. The molecule has 0 bridgehead atoms. The Morgan fingerprint density at radius 2 is 1.85 bits per heavy atom. The van der Waals surface area contributed by atoms with Gasteiger partial charge in [0.15, 0.2) is 5.82 Å². The highest BCUT2D eigenvalue weighted by atomic mass is 32.2. The number of nitrogens with zero attached hydrogens (tertiary/aromatic N) is 8. The average Bonchev–Trinajstić information content (AvgIpc) is 3.58. The van der Waals surface area contributed by atoms with E-state index in [9.17, 15) is 18.3 Å². The third kappa shape index (κ3) is 6.72. The van der Waals surface area contributed by atoms with Crippen LogP contribution in [-0.2, 0) is 9.84 Å². The molecule has 47 heavy (non-hydrogen) atoms. The van der Waals surface area contributed by atoms with Crippen LogP contribution in [0.3, 0.4) is 0 Å². The molecule has 0 aliphatic carbocycles. The number of hydrogen-bond acceptors (Lipinski definition) is 11. The van der Waals surface area contributed by atoms with E-state index in [1.807, 2.05) is 6.07 Å². The van der Waals surface area contributed by atoms with E-state index in [1.54, 1.807) is 17.0 Å². The number of aromatic nitrogens is 5. The maximum atomic E-state index is 15.2. The summed E-state index contributed by atoms with van der Waals surface area (Å²) >= 11 is 0. The molecule has 1 amide bonds. The molecular formula is C32H37FN8O5S. The first-order valence-corrected chi connectivity index (χ1v) is 17.9. The molecule has 13 nitrogen and oxygen atoms in total. The number of anilines is 1. The summed E-state index contributed by atoms with van der Waals surface area (Å²) < 4.78 is 46.1. The second kappa shape index (κ2) is 12.3. The molecule has 3 aliphatic rings. The van der Waals surface area contributed by atoms with E-state index < -0.39 is 15.7 Å². The number of carbonyl (C=O) groups excluding carboxylic acids is 1. The highest BCUT2D eigenvalue weighted by molar-refractivity contribution is 7.90. The van der Waals surface area contributed by atoms with Gasteiger partial charge in [-0.3, -0.25) is 0 Å². The summed E-state index contributed by atoms with van der Waals surface area (Å²) in [4.78, 5) is 32.3. The first-order valence-electron chi connectivity index (χ1n) is 15.8. The number of amides is 1. The minimum atomic E-state index is -3.04. The van der Waals surface area contributed by atoms with Gasteiger partial charge in [0.05, 0.1) is 5.75 Å². The zero-order valence-electron chi connectivity index (χ0n) is 26.1. The van der Waals surface area contributed by atoms with Gasteiger partial charge in [-0.1, -0.05) is 12.1 Å². The Morgan fingerprint density at radius 3 is 2.55 bits per heavy atom. The number of rotatable bonds is 7. The Kier molecular flexibility index (Phi) is 8.20. The van der Waals surface area contributed by atoms with Crippen molar-refractivity contribution in [2.75, 3.05) is 62.7 Å². The first kappa shape index (κ1) is 31.2. The maximum absolute atomic E-state index is 15.2. The molecule has 0 radical (unpaired) electrons. The van der Waals surface area contributed by atoms with E-state index in [1.165, 1.54) is 41.8 Å². The van der Waals surface area contributed by atoms with E-state index in [0.29, 0.717) is 86.7 Å². The normalized spacial score (nSPS) is 18.9. The summed E-state index contributed by atoms with van der Waals surface area (Å²) in [6.45, 7) is 4.62. The van der Waals surface area contributed by atoms with Crippen LogP contribution in [0.5, 0.6) is 11.6 Å². The molecule has 2 aromatic heterocycles. The molecule has 248 valence electrons. The molecule has 7 rings (SSSR count). The number of phenols is 1. The summed E-state index contributed by atoms with van der Waals surface area (Å²) in [6.07, 6.45) is 7.00. The zero-order valence-corrected chi connectivity index (χ0v) is 26.9. The zero-order chi connectivity index (χ0) is 32.8. The minimum Gasteiger partial charge on any atom is -0.508 e. The number of phenolic OH excluding ortho intramolecular Hbond substituents is 1. The predicted molar refractivity (Wildman–Crippen MR) is 173 cm³/mol. The van der Waals surface area contributed by atoms with Gasteiger partial charge in [0.2, 0.25) is 5.88 Å². The van der Waals surface area contributed by atoms with Gasteiger partial charge in [-0.05, 0) is 49.3 Å². The van der Waals surface area contributed by atoms with Crippen LogP contribution in [-0.4, -0.2) is 118 Å². The number of sulfone groups is 1. The fraction of sp³-hybridized carbons (Fsp3) is 0.469. The highest BCUT2D eigenvalue weighted by Crippen LogP contribution is 2.42. The van der Waals surface area contributed by atoms with E-state index in [-0.39, 0.29) is 34.9 Å². The van der Waals surface area contributed by atoms with Gasteiger partial charge in [-0.15, -0.1) is 0 Å². The lowest BCUT2D eigenvalue weighted by atomic mass is 9.72. The number of likely N-dealkylation sites (tertiary alicyclic amines) is 2. The van der Waals surface area contributed by atoms with E-state index >= 15 is 4.39 Å². The van der Waals surface area contributed by atoms with Crippen LogP contribution >= 0.6 is 0 Å². The van der Waals surface area contributed by atoms with Gasteiger partial charge in [0.25, 0.3) is 0 Å². The average molecular weight is 665 g/mol. The van der Waals surface area contributed by atoms with Crippen molar-refractivity contribution in [2.45, 2.75) is 31.8 Å². The quantitative estimate of drug-likeness (QED) is 0.311. The topological polar surface area (TPSA) is 147 Å². The van der Waals surface area contributed by atoms with Gasteiger partial charge in [-0.25, -0.2) is 27.6 Å². The van der Waals surface area contributed by atoms with Gasteiger partial charge in [-0.2, -0.15) is 14.8 Å². The molecular weight excluding hydrogens is 627 g/mol. The van der Waals surface area contributed by atoms with Crippen molar-refractivity contribution in [3.8, 4) is 23.0 Å². The SMILES string of the molecule is CS(=O)(=O)CCN1CCC(Oc2cc(N3CCC4(CC3)CN(C(=O)n3cncn3)C4)nc(-c3cc(O)cc4cccc(F)c34)n2)CC1. The van der Waals surface area contributed by atoms with Gasteiger partial charge >= 0.3 is 6.03 Å². The Balaban J connectivity index is 1.12. The lowest BCUT2D eigenvalue weighted by Gasteiger charge is -2.53. The molecule has 0 saturated carbocycles. The molecule has 4 aromatic rings. The lowest BCUT2D eigenvalue weighted by molar-refractivity contribution is 0.0107. The minimum absolute atomic E-state index is 0.0223. The van der Waals surface area contributed by atoms with Crippen molar-refractivity contribution in [3.63, 3.8) is 0 Å². The number of fused-ring (bicyclic) bond motifs is 1. The summed E-state index contributed by atoms with van der Waals surface area (Å²) in [5, 5.41) is 15.3. The molecule has 0 atom stereocenters. The number of aromatic hydroxyl groups is 1. The van der Waals surface area contributed by atoms with Crippen molar-refractivity contribution in [2.24, 2.45) is 5.41 Å². The third-order valence-electron chi connectivity index (χ3n) is 9.53.